The predicted molar refractivity (Wildman–Crippen MR) is 88.2 cm³/mol. The number of nitrogens with one attached hydrogen (secondary N) is 1. The summed E-state index contributed by atoms with van der Waals surface area (Å²) in [7, 11) is 0. The molecule has 0 aromatic carbocycles. The molecule has 0 spiro atoms. The molecule has 23 heavy (non-hydrogen) atoms. The molecule has 7 heteroatoms. The minimum atomic E-state index is -0.854. The first-order valence-electron chi connectivity index (χ1n) is 7.53. The zero-order valence-electron chi connectivity index (χ0n) is 13.3. The van der Waals surface area contributed by atoms with E-state index in [-0.39, 0.29) is 23.9 Å². The van der Waals surface area contributed by atoms with Gasteiger partial charge in [0.25, 0.3) is 5.56 Å². The molecule has 0 radical (unpaired) electrons. The molecule has 2 heterocycles. The Hall–Kier alpha value is -2.20. The van der Waals surface area contributed by atoms with E-state index in [1.807, 2.05) is 13.8 Å². The molecule has 1 N–H and O–H groups in total. The molecule has 1 fully saturated rings. The monoisotopic (exact) mass is 330 g/mol. The lowest BCUT2D eigenvalue weighted by molar-refractivity contribution is -0.123. The molecule has 1 aliphatic rings. The van der Waals surface area contributed by atoms with Crippen molar-refractivity contribution in [2.75, 3.05) is 0 Å². The summed E-state index contributed by atoms with van der Waals surface area (Å²) in [4.78, 5) is 30.8. The second-order valence-corrected chi connectivity index (χ2v) is 7.48. The number of aryl methyl sites for hydroxylation is 2. The minimum absolute atomic E-state index is 0.125. The lowest BCUT2D eigenvalue weighted by atomic mass is 9.98. The van der Waals surface area contributed by atoms with E-state index in [1.54, 1.807) is 6.92 Å². The average molecular weight is 330 g/mol. The fourth-order valence-corrected chi connectivity index (χ4v) is 3.74. The van der Waals surface area contributed by atoms with Gasteiger partial charge in [-0.2, -0.15) is 5.26 Å². The van der Waals surface area contributed by atoms with Crippen LogP contribution in [0.2, 0.25) is 0 Å². The van der Waals surface area contributed by atoms with Gasteiger partial charge >= 0.3 is 0 Å². The molecule has 2 aromatic heterocycles. The fraction of sp³-hybridized carbons (Fsp3) is 0.500. The lowest BCUT2D eigenvalue weighted by Crippen LogP contribution is -2.48. The molecular formula is C16H18N4O2S. The zero-order valence-corrected chi connectivity index (χ0v) is 14.2. The molecule has 3 rings (SSSR count). The number of hydrogen-bond acceptors (Lipinski definition) is 5. The van der Waals surface area contributed by atoms with Crippen LogP contribution in [0.1, 0.15) is 30.2 Å². The Labute approximate surface area is 137 Å². The molecule has 0 saturated heterocycles. The highest BCUT2D eigenvalue weighted by Gasteiger charge is 2.43. The van der Waals surface area contributed by atoms with Gasteiger partial charge in [0.15, 0.2) is 0 Å². The van der Waals surface area contributed by atoms with Crippen LogP contribution in [0.15, 0.2) is 11.1 Å². The predicted octanol–water partition coefficient (Wildman–Crippen LogP) is 1.88. The topological polar surface area (TPSA) is 87.8 Å². The van der Waals surface area contributed by atoms with E-state index in [9.17, 15) is 14.9 Å². The quantitative estimate of drug-likeness (QED) is 0.927. The van der Waals surface area contributed by atoms with Gasteiger partial charge in [-0.1, -0.05) is 0 Å². The van der Waals surface area contributed by atoms with E-state index >= 15 is 0 Å². The lowest BCUT2D eigenvalue weighted by Gasteiger charge is -2.23. The van der Waals surface area contributed by atoms with Crippen molar-refractivity contribution in [3.05, 3.63) is 27.1 Å². The van der Waals surface area contributed by atoms with E-state index in [0.29, 0.717) is 10.2 Å². The van der Waals surface area contributed by atoms with Crippen LogP contribution in [0.25, 0.3) is 10.2 Å². The van der Waals surface area contributed by atoms with Gasteiger partial charge in [0.1, 0.15) is 16.9 Å². The Morgan fingerprint density at radius 1 is 1.57 bits per heavy atom. The average Bonchev–Trinajstić information content (AvgIpc) is 3.31. The van der Waals surface area contributed by atoms with Gasteiger partial charge in [-0.3, -0.25) is 14.2 Å². The minimum Gasteiger partial charge on any atom is -0.336 e. The smallest absolute Gasteiger partial charge is 0.262 e. The van der Waals surface area contributed by atoms with E-state index in [4.69, 9.17) is 0 Å². The first kappa shape index (κ1) is 15.7. The van der Waals surface area contributed by atoms with Gasteiger partial charge in [0, 0.05) is 4.88 Å². The highest BCUT2D eigenvalue weighted by Crippen LogP contribution is 2.39. The van der Waals surface area contributed by atoms with E-state index in [1.165, 1.54) is 22.2 Å². The first-order valence-corrected chi connectivity index (χ1v) is 8.35. The van der Waals surface area contributed by atoms with Gasteiger partial charge in [-0.25, -0.2) is 4.98 Å². The molecule has 0 bridgehead atoms. The van der Waals surface area contributed by atoms with Gasteiger partial charge in [-0.15, -0.1) is 11.3 Å². The fourth-order valence-electron chi connectivity index (χ4n) is 2.75. The van der Waals surface area contributed by atoms with Crippen LogP contribution in [-0.2, 0) is 11.3 Å². The molecule has 1 amide bonds. The van der Waals surface area contributed by atoms with Gasteiger partial charge < -0.3 is 5.32 Å². The molecule has 120 valence electrons. The number of aromatic nitrogens is 2. The summed E-state index contributed by atoms with van der Waals surface area (Å²) >= 11 is 1.48. The van der Waals surface area contributed by atoms with Crippen molar-refractivity contribution in [1.29, 1.82) is 5.26 Å². The van der Waals surface area contributed by atoms with Crippen molar-refractivity contribution < 1.29 is 4.79 Å². The summed E-state index contributed by atoms with van der Waals surface area (Å²) in [6, 6.07) is 2.18. The largest absolute Gasteiger partial charge is 0.336 e. The number of nitriles is 1. The first-order chi connectivity index (χ1) is 10.9. The molecule has 1 atom stereocenters. The number of rotatable bonds is 4. The van der Waals surface area contributed by atoms with Gasteiger partial charge in [0.2, 0.25) is 5.91 Å². The van der Waals surface area contributed by atoms with Crippen molar-refractivity contribution in [1.82, 2.24) is 14.9 Å². The number of carbonyl (C=O) groups is 1. The highest BCUT2D eigenvalue weighted by atomic mass is 32.1. The van der Waals surface area contributed by atoms with Gasteiger partial charge in [0.05, 0.1) is 17.8 Å². The van der Waals surface area contributed by atoms with Crippen molar-refractivity contribution in [2.45, 2.75) is 45.7 Å². The molecular weight excluding hydrogens is 312 g/mol. The van der Waals surface area contributed by atoms with Crippen molar-refractivity contribution in [2.24, 2.45) is 5.92 Å². The maximum Gasteiger partial charge on any atom is 0.262 e. The Morgan fingerprint density at radius 3 is 2.87 bits per heavy atom. The normalized spacial score (nSPS) is 16.8. The third-order valence-electron chi connectivity index (χ3n) is 4.49. The van der Waals surface area contributed by atoms with Crippen molar-refractivity contribution in [3.8, 4) is 6.07 Å². The maximum absolute atomic E-state index is 12.6. The SMILES string of the molecule is Cc1sc2ncn(CC(=O)NC(C)(C#N)C3CC3)c(=O)c2c1C. The Bertz CT molecular complexity index is 888. The number of carbonyl (C=O) groups excluding carboxylic acids is 1. The number of thiophene rings is 1. The molecule has 1 unspecified atom stereocenters. The number of hydrogen-bond donors (Lipinski definition) is 1. The Kier molecular flexibility index (Phi) is 3.72. The van der Waals surface area contributed by atoms with Gasteiger partial charge in [-0.05, 0) is 45.1 Å². The van der Waals surface area contributed by atoms with E-state index in [2.05, 4.69) is 16.4 Å². The second kappa shape index (κ2) is 5.46. The number of fused-ring (bicyclic) bond motifs is 1. The number of amides is 1. The van der Waals surface area contributed by atoms with Crippen LogP contribution in [0.3, 0.4) is 0 Å². The van der Waals surface area contributed by atoms with E-state index in [0.717, 1.165) is 23.3 Å². The number of nitrogens with zero attached hydrogens (tertiary/aromatic N) is 3. The summed E-state index contributed by atoms with van der Waals surface area (Å²) in [5.41, 5.74) is -0.151. The Morgan fingerprint density at radius 2 is 2.26 bits per heavy atom. The second-order valence-electron chi connectivity index (χ2n) is 6.28. The van der Waals surface area contributed by atoms with Crippen LogP contribution >= 0.6 is 11.3 Å². The molecule has 1 saturated carbocycles. The maximum atomic E-state index is 12.6. The summed E-state index contributed by atoms with van der Waals surface area (Å²) in [6.07, 6.45) is 3.30. The third-order valence-corrected chi connectivity index (χ3v) is 5.61. The third kappa shape index (κ3) is 2.75. The van der Waals surface area contributed by atoms with Crippen LogP contribution in [-0.4, -0.2) is 21.0 Å². The van der Waals surface area contributed by atoms with Crippen molar-refractivity contribution >= 4 is 27.5 Å². The van der Waals surface area contributed by atoms with Crippen LogP contribution in [0.4, 0.5) is 0 Å². The summed E-state index contributed by atoms with van der Waals surface area (Å²) in [5.74, 6) is -0.135. The molecule has 6 nitrogen and oxygen atoms in total. The molecule has 0 aliphatic heterocycles. The highest BCUT2D eigenvalue weighted by molar-refractivity contribution is 7.18. The summed E-state index contributed by atoms with van der Waals surface area (Å²) < 4.78 is 1.31. The van der Waals surface area contributed by atoms with Crippen molar-refractivity contribution in [3.63, 3.8) is 0 Å². The van der Waals surface area contributed by atoms with Crippen LogP contribution in [0.5, 0.6) is 0 Å². The summed E-state index contributed by atoms with van der Waals surface area (Å²) in [5, 5.41) is 12.6. The van der Waals surface area contributed by atoms with E-state index < -0.39 is 5.54 Å². The van der Waals surface area contributed by atoms with Crippen LogP contribution in [0, 0.1) is 31.1 Å². The molecule has 1 aliphatic carbocycles. The Balaban J connectivity index is 1.86. The molecule has 2 aromatic rings. The zero-order chi connectivity index (χ0) is 16.8. The standard InChI is InChI=1S/C16H18N4O2S/c1-9-10(2)23-14-13(9)15(22)20(8-18-14)6-12(21)19-16(3,7-17)11-4-5-11/h8,11H,4-6H2,1-3H3,(H,19,21). The summed E-state index contributed by atoms with van der Waals surface area (Å²) in [6.45, 7) is 5.45. The van der Waals surface area contributed by atoms with Crippen LogP contribution < -0.4 is 10.9 Å².